The zero-order chi connectivity index (χ0) is 20.6. The second kappa shape index (κ2) is 10.6. The van der Waals surface area contributed by atoms with Gasteiger partial charge in [0.15, 0.2) is 0 Å². The Bertz CT molecular complexity index is 912. The molecule has 6 nitrogen and oxygen atoms in total. The summed E-state index contributed by atoms with van der Waals surface area (Å²) < 4.78 is 44.1. The molecule has 1 unspecified atom stereocenters. The van der Waals surface area contributed by atoms with Crippen LogP contribution in [-0.4, -0.2) is 31.5 Å². The molecule has 0 bridgehead atoms. The van der Waals surface area contributed by atoms with E-state index in [0.717, 1.165) is 12.8 Å². The highest BCUT2D eigenvalue weighted by Crippen LogP contribution is 2.20. The number of esters is 1. The van der Waals surface area contributed by atoms with Crippen molar-refractivity contribution in [1.82, 2.24) is 0 Å². The van der Waals surface area contributed by atoms with Crippen LogP contribution in [0.5, 0.6) is 0 Å². The number of benzene rings is 2. The monoisotopic (exact) mass is 443 g/mol. The molecular weight excluding hydrogens is 422 g/mol. The van der Waals surface area contributed by atoms with Crippen LogP contribution >= 0.6 is 11.6 Å². The molecule has 0 saturated heterocycles. The number of methoxy groups -OCH3 is 1. The maximum atomic E-state index is 12.4. The van der Waals surface area contributed by atoms with Crippen molar-refractivity contribution < 1.29 is 22.2 Å². The minimum absolute atomic E-state index is 0.108. The van der Waals surface area contributed by atoms with Gasteiger partial charge in [-0.1, -0.05) is 18.0 Å². The Morgan fingerprint density at radius 1 is 1.04 bits per heavy atom. The van der Waals surface area contributed by atoms with Gasteiger partial charge >= 0.3 is 5.97 Å². The van der Waals surface area contributed by atoms with Gasteiger partial charge in [-0.15, -0.1) is 0 Å². The van der Waals surface area contributed by atoms with Gasteiger partial charge in [0.25, 0.3) is 10.0 Å². The van der Waals surface area contributed by atoms with Crippen molar-refractivity contribution in [3.63, 3.8) is 0 Å². The lowest BCUT2D eigenvalue weighted by atomic mass is 10.2. The number of hydrogen-bond acceptors (Lipinski definition) is 5. The van der Waals surface area contributed by atoms with Gasteiger partial charge in [0.05, 0.1) is 22.8 Å². The first-order chi connectivity index (χ1) is 13.3. The fraction of sp³-hybridized carbons (Fsp3) is 0.316. The van der Waals surface area contributed by atoms with E-state index in [-0.39, 0.29) is 10.9 Å². The Morgan fingerprint density at radius 2 is 1.68 bits per heavy atom. The molecule has 0 aromatic heterocycles. The first kappa shape index (κ1) is 22.4. The van der Waals surface area contributed by atoms with E-state index in [4.69, 9.17) is 11.6 Å². The van der Waals surface area contributed by atoms with Gasteiger partial charge in [-0.2, -0.15) is 0 Å². The average molecular weight is 444 g/mol. The molecule has 9 heteroatoms. The van der Waals surface area contributed by atoms with Gasteiger partial charge in [0.2, 0.25) is 0 Å². The lowest BCUT2D eigenvalue weighted by Gasteiger charge is -2.09. The van der Waals surface area contributed by atoms with Gasteiger partial charge in [-0.3, -0.25) is 13.7 Å². The summed E-state index contributed by atoms with van der Waals surface area (Å²) in [6, 6.07) is 12.3. The van der Waals surface area contributed by atoms with Crippen molar-refractivity contribution in [2.75, 3.05) is 17.6 Å². The van der Waals surface area contributed by atoms with Crippen LogP contribution in [-0.2, 0) is 30.4 Å². The minimum Gasteiger partial charge on any atom is -0.469 e. The Morgan fingerprint density at radius 3 is 2.29 bits per heavy atom. The minimum atomic E-state index is -3.72. The van der Waals surface area contributed by atoms with Gasteiger partial charge in [-0.25, -0.2) is 8.42 Å². The zero-order valence-corrected chi connectivity index (χ0v) is 17.8. The number of halogens is 1. The third-order valence-corrected chi connectivity index (χ3v) is 7.04. The summed E-state index contributed by atoms with van der Waals surface area (Å²) in [7, 11) is -3.53. The summed E-state index contributed by atoms with van der Waals surface area (Å²) in [6.07, 6.45) is 2.59. The molecule has 2 aromatic rings. The first-order valence-corrected chi connectivity index (χ1v) is 11.8. The summed E-state index contributed by atoms with van der Waals surface area (Å²) in [6.45, 7) is 0. The molecule has 2 rings (SSSR count). The number of nitrogens with one attached hydrogen (secondary N) is 1. The van der Waals surface area contributed by atoms with Crippen molar-refractivity contribution >= 4 is 44.1 Å². The molecule has 2 aromatic carbocycles. The van der Waals surface area contributed by atoms with Crippen LogP contribution in [0.25, 0.3) is 0 Å². The van der Waals surface area contributed by atoms with E-state index in [2.05, 4.69) is 9.46 Å². The van der Waals surface area contributed by atoms with Gasteiger partial charge in [0.1, 0.15) is 0 Å². The van der Waals surface area contributed by atoms with Crippen LogP contribution in [0.1, 0.15) is 25.7 Å². The number of hydrogen-bond donors (Lipinski definition) is 1. The smallest absolute Gasteiger partial charge is 0.305 e. The average Bonchev–Trinajstić information content (AvgIpc) is 2.68. The molecule has 28 heavy (non-hydrogen) atoms. The van der Waals surface area contributed by atoms with E-state index in [1.54, 1.807) is 24.3 Å². The number of rotatable bonds is 10. The Labute approximate surface area is 172 Å². The molecule has 0 aliphatic carbocycles. The van der Waals surface area contributed by atoms with E-state index in [0.29, 0.717) is 34.2 Å². The lowest BCUT2D eigenvalue weighted by molar-refractivity contribution is -0.140. The van der Waals surface area contributed by atoms with Crippen LogP contribution in [0, 0.1) is 0 Å². The number of unbranched alkanes of at least 4 members (excludes halogenated alkanes) is 2. The maximum absolute atomic E-state index is 12.4. The molecule has 1 atom stereocenters. The quantitative estimate of drug-likeness (QED) is 0.443. The van der Waals surface area contributed by atoms with Gasteiger partial charge in [-0.05, 0) is 61.4 Å². The third kappa shape index (κ3) is 6.92. The summed E-state index contributed by atoms with van der Waals surface area (Å²) >= 11 is 5.78. The van der Waals surface area contributed by atoms with Crippen molar-refractivity contribution in [3.8, 4) is 0 Å². The van der Waals surface area contributed by atoms with E-state index >= 15 is 0 Å². The molecule has 0 aliphatic rings. The molecule has 1 N–H and O–H groups in total. The van der Waals surface area contributed by atoms with E-state index < -0.39 is 20.8 Å². The largest absolute Gasteiger partial charge is 0.469 e. The topological polar surface area (TPSA) is 89.5 Å². The number of sulfonamides is 1. The highest BCUT2D eigenvalue weighted by molar-refractivity contribution is 7.92. The number of carbonyl (C=O) groups excluding carboxylic acids is 1. The van der Waals surface area contributed by atoms with E-state index in [1.807, 2.05) is 0 Å². The molecule has 0 radical (unpaired) electrons. The summed E-state index contributed by atoms with van der Waals surface area (Å²) in [5.41, 5.74) is 0.383. The van der Waals surface area contributed by atoms with Crippen molar-refractivity contribution in [2.24, 2.45) is 0 Å². The Balaban J connectivity index is 1.87. The number of anilines is 1. The van der Waals surface area contributed by atoms with E-state index in [1.165, 1.54) is 31.4 Å². The third-order valence-electron chi connectivity index (χ3n) is 3.93. The van der Waals surface area contributed by atoms with Gasteiger partial charge < -0.3 is 4.74 Å². The fourth-order valence-corrected chi connectivity index (χ4v) is 4.73. The Kier molecular flexibility index (Phi) is 8.47. The molecule has 0 fully saturated rings. The highest BCUT2D eigenvalue weighted by atomic mass is 35.5. The van der Waals surface area contributed by atoms with Crippen molar-refractivity contribution in [3.05, 3.63) is 53.6 Å². The predicted octanol–water partition coefficient (Wildman–Crippen LogP) is 3.98. The lowest BCUT2D eigenvalue weighted by Crippen LogP contribution is -2.12. The van der Waals surface area contributed by atoms with Crippen LogP contribution in [0.4, 0.5) is 5.69 Å². The fourth-order valence-electron chi connectivity index (χ4n) is 2.40. The summed E-state index contributed by atoms with van der Waals surface area (Å²) in [4.78, 5) is 11.8. The molecule has 0 amide bonds. The maximum Gasteiger partial charge on any atom is 0.305 e. The standard InChI is InChI=1S/C19H22ClNO5S2/c1-26-19(22)5-3-2-4-14-27(23)17-10-8-16(9-11-17)21-28(24,25)18-12-6-15(20)7-13-18/h6-13,21H,2-5,14H2,1H3. The molecule has 152 valence electrons. The molecule has 0 aliphatic heterocycles. The van der Waals surface area contributed by atoms with Crippen LogP contribution < -0.4 is 4.72 Å². The molecule has 0 heterocycles. The first-order valence-electron chi connectivity index (χ1n) is 8.65. The second-order valence-corrected chi connectivity index (χ2v) is 9.71. The SMILES string of the molecule is COC(=O)CCCCCS(=O)c1ccc(NS(=O)(=O)c2ccc(Cl)cc2)cc1. The highest BCUT2D eigenvalue weighted by Gasteiger charge is 2.14. The molecule has 0 spiro atoms. The molecular formula is C19H22ClNO5S2. The predicted molar refractivity (Wildman–Crippen MR) is 110 cm³/mol. The summed E-state index contributed by atoms with van der Waals surface area (Å²) in [5.74, 6) is 0.245. The van der Waals surface area contributed by atoms with Crippen LogP contribution in [0.3, 0.4) is 0 Å². The molecule has 0 saturated carbocycles. The zero-order valence-electron chi connectivity index (χ0n) is 15.4. The normalized spacial score (nSPS) is 12.4. The van der Waals surface area contributed by atoms with Crippen molar-refractivity contribution in [2.45, 2.75) is 35.5 Å². The Hall–Kier alpha value is -1.90. The van der Waals surface area contributed by atoms with Gasteiger partial charge in [0, 0.05) is 27.8 Å². The van der Waals surface area contributed by atoms with Crippen LogP contribution in [0.2, 0.25) is 5.02 Å². The van der Waals surface area contributed by atoms with Crippen LogP contribution in [0.15, 0.2) is 58.3 Å². The van der Waals surface area contributed by atoms with E-state index in [9.17, 15) is 17.4 Å². The number of ether oxygens (including phenoxy) is 1. The second-order valence-electron chi connectivity index (χ2n) is 6.02. The van der Waals surface area contributed by atoms with Crippen molar-refractivity contribution in [1.29, 1.82) is 0 Å². The number of carbonyl (C=O) groups is 1. The summed E-state index contributed by atoms with van der Waals surface area (Å²) in [5, 5.41) is 0.455.